The van der Waals surface area contributed by atoms with Crippen molar-refractivity contribution in [2.45, 2.75) is 37.8 Å². The van der Waals surface area contributed by atoms with Crippen LogP contribution in [0.1, 0.15) is 24.8 Å². The number of aromatic nitrogens is 2. The number of unbranched alkanes of at least 4 members (excludes halogenated alkanes) is 1. The SMILES string of the molecule is NCCCC[C@H](N)C(=O)N1C[C@@H](Cc2ccnc3cccnc23)[C@@H](O)C1. The molecule has 0 aromatic carbocycles. The molecular formula is C19H27N5O2. The van der Waals surface area contributed by atoms with Crippen LogP contribution in [-0.2, 0) is 11.2 Å². The van der Waals surface area contributed by atoms with Crippen LogP contribution in [0.15, 0.2) is 30.6 Å². The number of amides is 1. The van der Waals surface area contributed by atoms with Gasteiger partial charge in [0.25, 0.3) is 0 Å². The number of hydrogen-bond donors (Lipinski definition) is 3. The number of fused-ring (bicyclic) bond motifs is 1. The lowest BCUT2D eigenvalue weighted by Gasteiger charge is -2.20. The molecule has 3 heterocycles. The molecule has 1 fully saturated rings. The van der Waals surface area contributed by atoms with E-state index in [0.717, 1.165) is 29.4 Å². The second-order valence-corrected chi connectivity index (χ2v) is 7.01. The molecule has 2 aromatic rings. The molecule has 5 N–H and O–H groups in total. The lowest BCUT2D eigenvalue weighted by molar-refractivity contribution is -0.132. The van der Waals surface area contributed by atoms with E-state index in [-0.39, 0.29) is 11.8 Å². The maximum atomic E-state index is 12.5. The summed E-state index contributed by atoms with van der Waals surface area (Å²) < 4.78 is 0. The Bertz CT molecular complexity index is 748. The molecule has 26 heavy (non-hydrogen) atoms. The van der Waals surface area contributed by atoms with E-state index in [2.05, 4.69) is 9.97 Å². The molecule has 0 aliphatic carbocycles. The second kappa shape index (κ2) is 8.53. The number of rotatable bonds is 7. The molecule has 1 saturated heterocycles. The Kier molecular flexibility index (Phi) is 6.13. The Morgan fingerprint density at radius 1 is 1.27 bits per heavy atom. The van der Waals surface area contributed by atoms with Gasteiger partial charge in [-0.3, -0.25) is 14.8 Å². The van der Waals surface area contributed by atoms with Crippen molar-refractivity contribution in [3.05, 3.63) is 36.2 Å². The summed E-state index contributed by atoms with van der Waals surface area (Å²) in [5, 5.41) is 10.5. The monoisotopic (exact) mass is 357 g/mol. The lowest BCUT2D eigenvalue weighted by atomic mass is 9.96. The quantitative estimate of drug-likeness (QED) is 0.619. The van der Waals surface area contributed by atoms with Crippen LogP contribution in [0.4, 0.5) is 0 Å². The number of aliphatic hydroxyl groups is 1. The molecule has 7 nitrogen and oxygen atoms in total. The summed E-state index contributed by atoms with van der Waals surface area (Å²) in [5.41, 5.74) is 14.2. The van der Waals surface area contributed by atoms with Crippen molar-refractivity contribution in [2.75, 3.05) is 19.6 Å². The van der Waals surface area contributed by atoms with E-state index in [0.29, 0.717) is 32.5 Å². The van der Waals surface area contributed by atoms with Crippen LogP contribution < -0.4 is 11.5 Å². The maximum Gasteiger partial charge on any atom is 0.239 e. The highest BCUT2D eigenvalue weighted by atomic mass is 16.3. The van der Waals surface area contributed by atoms with Crippen molar-refractivity contribution >= 4 is 16.9 Å². The largest absolute Gasteiger partial charge is 0.391 e. The highest BCUT2D eigenvalue weighted by Crippen LogP contribution is 2.25. The number of nitrogens with zero attached hydrogens (tertiary/aromatic N) is 3. The molecule has 2 aromatic heterocycles. The molecular weight excluding hydrogens is 330 g/mol. The van der Waals surface area contributed by atoms with E-state index < -0.39 is 12.1 Å². The number of carbonyl (C=O) groups excluding carboxylic acids is 1. The zero-order valence-electron chi connectivity index (χ0n) is 14.9. The highest BCUT2D eigenvalue weighted by Gasteiger charge is 2.35. The van der Waals surface area contributed by atoms with E-state index >= 15 is 0 Å². The molecule has 0 radical (unpaired) electrons. The average molecular weight is 357 g/mol. The van der Waals surface area contributed by atoms with Gasteiger partial charge in [-0.15, -0.1) is 0 Å². The number of likely N-dealkylation sites (tertiary alicyclic amines) is 1. The van der Waals surface area contributed by atoms with Crippen molar-refractivity contribution in [1.82, 2.24) is 14.9 Å². The molecule has 0 bridgehead atoms. The molecule has 0 unspecified atom stereocenters. The van der Waals surface area contributed by atoms with Crippen molar-refractivity contribution in [3.63, 3.8) is 0 Å². The number of aliphatic hydroxyl groups excluding tert-OH is 1. The summed E-state index contributed by atoms with van der Waals surface area (Å²) in [6, 6.07) is 5.20. The van der Waals surface area contributed by atoms with Crippen LogP contribution in [-0.4, -0.2) is 57.7 Å². The summed E-state index contributed by atoms with van der Waals surface area (Å²) in [6.07, 6.45) is 5.95. The van der Waals surface area contributed by atoms with Crippen molar-refractivity contribution < 1.29 is 9.90 Å². The molecule has 0 spiro atoms. The third kappa shape index (κ3) is 4.17. The van der Waals surface area contributed by atoms with Gasteiger partial charge < -0.3 is 21.5 Å². The Morgan fingerprint density at radius 2 is 2.12 bits per heavy atom. The second-order valence-electron chi connectivity index (χ2n) is 7.01. The van der Waals surface area contributed by atoms with Crippen molar-refractivity contribution in [2.24, 2.45) is 17.4 Å². The fourth-order valence-corrected chi connectivity index (χ4v) is 3.58. The first-order chi connectivity index (χ1) is 12.6. The van der Waals surface area contributed by atoms with Crippen LogP contribution in [0.2, 0.25) is 0 Å². The third-order valence-corrected chi connectivity index (χ3v) is 5.07. The average Bonchev–Trinajstić information content (AvgIpc) is 3.02. The Balaban J connectivity index is 1.64. The predicted octanol–water partition coefficient (Wildman–Crippen LogP) is 0.448. The van der Waals surface area contributed by atoms with Gasteiger partial charge in [0.2, 0.25) is 5.91 Å². The van der Waals surface area contributed by atoms with Gasteiger partial charge in [-0.05, 0) is 49.6 Å². The third-order valence-electron chi connectivity index (χ3n) is 5.07. The minimum atomic E-state index is -0.554. The summed E-state index contributed by atoms with van der Waals surface area (Å²) >= 11 is 0. The Morgan fingerprint density at radius 3 is 2.92 bits per heavy atom. The van der Waals surface area contributed by atoms with Crippen LogP contribution in [0.25, 0.3) is 11.0 Å². The van der Waals surface area contributed by atoms with Crippen LogP contribution in [0, 0.1) is 5.92 Å². The van der Waals surface area contributed by atoms with Crippen molar-refractivity contribution in [1.29, 1.82) is 0 Å². The van der Waals surface area contributed by atoms with Crippen LogP contribution in [0.5, 0.6) is 0 Å². The Hall–Kier alpha value is -2.09. The lowest BCUT2D eigenvalue weighted by Crippen LogP contribution is -2.43. The molecule has 0 saturated carbocycles. The summed E-state index contributed by atoms with van der Waals surface area (Å²) in [7, 11) is 0. The van der Waals surface area contributed by atoms with Crippen LogP contribution >= 0.6 is 0 Å². The van der Waals surface area contributed by atoms with E-state index in [9.17, 15) is 9.90 Å². The molecule has 1 aliphatic rings. The van der Waals surface area contributed by atoms with Crippen molar-refractivity contribution in [3.8, 4) is 0 Å². The molecule has 3 atom stereocenters. The van der Waals surface area contributed by atoms with E-state index in [1.54, 1.807) is 17.3 Å². The highest BCUT2D eigenvalue weighted by molar-refractivity contribution is 5.82. The fourth-order valence-electron chi connectivity index (χ4n) is 3.58. The van der Waals surface area contributed by atoms with Gasteiger partial charge in [0.1, 0.15) is 0 Å². The van der Waals surface area contributed by atoms with Gasteiger partial charge in [-0.25, -0.2) is 0 Å². The summed E-state index contributed by atoms with van der Waals surface area (Å²) in [5.74, 6) is -0.107. The van der Waals surface area contributed by atoms with Crippen LogP contribution in [0.3, 0.4) is 0 Å². The first kappa shape index (κ1) is 18.7. The van der Waals surface area contributed by atoms with E-state index in [1.807, 2.05) is 18.2 Å². The standard InChI is InChI=1S/C19H27N5O2/c20-7-2-1-4-15(21)19(26)24-11-14(17(25)12-24)10-13-6-9-22-16-5-3-8-23-18(13)16/h3,5-6,8-9,14-15,17,25H,1-2,4,7,10-12,20-21H2/t14-,15+,17+/m1/s1. The number of β-amino-alcohol motifs (C(OH)–C–C–N with tert-alkyl or cyclic N) is 1. The summed E-state index contributed by atoms with van der Waals surface area (Å²) in [6.45, 7) is 1.46. The van der Waals surface area contributed by atoms with Gasteiger partial charge in [-0.2, -0.15) is 0 Å². The van der Waals surface area contributed by atoms with Gasteiger partial charge in [0, 0.05) is 31.4 Å². The summed E-state index contributed by atoms with van der Waals surface area (Å²) in [4.78, 5) is 23.0. The number of nitrogens with two attached hydrogens (primary N) is 2. The first-order valence-electron chi connectivity index (χ1n) is 9.21. The normalized spacial score (nSPS) is 21.3. The van der Waals surface area contributed by atoms with Gasteiger partial charge in [0.15, 0.2) is 0 Å². The minimum absolute atomic E-state index is 0.0252. The molecule has 1 aliphatic heterocycles. The zero-order chi connectivity index (χ0) is 18.5. The van der Waals surface area contributed by atoms with Gasteiger partial charge in [-0.1, -0.05) is 6.42 Å². The molecule has 140 valence electrons. The minimum Gasteiger partial charge on any atom is -0.391 e. The number of pyridine rings is 2. The number of carbonyl (C=O) groups is 1. The van der Waals surface area contributed by atoms with Gasteiger partial charge in [0.05, 0.1) is 23.2 Å². The molecule has 3 rings (SSSR count). The maximum absolute atomic E-state index is 12.5. The molecule has 7 heteroatoms. The van der Waals surface area contributed by atoms with Gasteiger partial charge >= 0.3 is 0 Å². The van der Waals surface area contributed by atoms with E-state index in [1.165, 1.54) is 0 Å². The predicted molar refractivity (Wildman–Crippen MR) is 100 cm³/mol. The number of hydrogen-bond acceptors (Lipinski definition) is 6. The van der Waals surface area contributed by atoms with E-state index in [4.69, 9.17) is 11.5 Å². The zero-order valence-corrected chi connectivity index (χ0v) is 14.9. The molecule has 1 amide bonds. The first-order valence-corrected chi connectivity index (χ1v) is 9.21. The topological polar surface area (TPSA) is 118 Å². The smallest absolute Gasteiger partial charge is 0.239 e. The Labute approximate surface area is 153 Å². The fraction of sp³-hybridized carbons (Fsp3) is 0.526.